The Balaban J connectivity index is 2.08. The zero-order chi connectivity index (χ0) is 11.4. The molecule has 0 unspecified atom stereocenters. The van der Waals surface area contributed by atoms with Gasteiger partial charge in [-0.05, 0) is 24.6 Å². The van der Waals surface area contributed by atoms with Gasteiger partial charge in [-0.3, -0.25) is 4.79 Å². The molecule has 0 fully saturated rings. The molecule has 3 nitrogen and oxygen atoms in total. The van der Waals surface area contributed by atoms with E-state index in [1.54, 1.807) is 6.07 Å². The van der Waals surface area contributed by atoms with Gasteiger partial charge in [0.2, 0.25) is 0 Å². The van der Waals surface area contributed by atoms with Gasteiger partial charge in [-0.15, -0.1) is 0 Å². The first-order chi connectivity index (χ1) is 7.75. The normalized spacial score (nSPS) is 10.1. The number of H-pyrrole nitrogens is 1. The van der Waals surface area contributed by atoms with Crippen LogP contribution in [-0.2, 0) is 6.61 Å². The number of nitrogens with one attached hydrogen (secondary N) is 1. The van der Waals surface area contributed by atoms with Crippen molar-refractivity contribution in [3.63, 3.8) is 0 Å². The third-order valence-electron chi connectivity index (χ3n) is 2.26. The molecule has 0 amide bonds. The molecule has 0 aliphatic rings. The van der Waals surface area contributed by atoms with Gasteiger partial charge in [0.15, 0.2) is 5.75 Å². The summed E-state index contributed by atoms with van der Waals surface area (Å²) in [4.78, 5) is 14.2. The summed E-state index contributed by atoms with van der Waals surface area (Å²) in [5.41, 5.74) is 1.69. The van der Waals surface area contributed by atoms with Gasteiger partial charge in [0.05, 0.1) is 0 Å². The average molecular weight is 215 g/mol. The van der Waals surface area contributed by atoms with E-state index in [4.69, 9.17) is 4.74 Å². The van der Waals surface area contributed by atoms with Crippen molar-refractivity contribution in [1.29, 1.82) is 0 Å². The lowest BCUT2D eigenvalue weighted by Gasteiger charge is -2.05. The molecule has 0 bridgehead atoms. The van der Waals surface area contributed by atoms with E-state index in [0.29, 0.717) is 12.4 Å². The predicted octanol–water partition coefficient (Wildman–Crippen LogP) is 2.26. The maximum Gasteiger partial charge on any atom is 0.290 e. The van der Waals surface area contributed by atoms with Gasteiger partial charge in [0, 0.05) is 5.69 Å². The number of aryl methyl sites for hydroxylation is 1. The fourth-order valence-corrected chi connectivity index (χ4v) is 1.41. The molecule has 2 aromatic rings. The summed E-state index contributed by atoms with van der Waals surface area (Å²) >= 11 is 0. The highest BCUT2D eigenvalue weighted by Crippen LogP contribution is 2.06. The lowest BCUT2D eigenvalue weighted by atomic mass is 10.2. The van der Waals surface area contributed by atoms with Crippen molar-refractivity contribution in [2.24, 2.45) is 0 Å². The Morgan fingerprint density at radius 3 is 2.56 bits per heavy atom. The second-order valence-corrected chi connectivity index (χ2v) is 3.61. The minimum atomic E-state index is -0.184. The van der Waals surface area contributed by atoms with Crippen molar-refractivity contribution in [1.82, 2.24) is 4.98 Å². The van der Waals surface area contributed by atoms with E-state index in [-0.39, 0.29) is 5.56 Å². The summed E-state index contributed by atoms with van der Waals surface area (Å²) in [5.74, 6) is 0.356. The van der Waals surface area contributed by atoms with Gasteiger partial charge >= 0.3 is 0 Å². The molecule has 16 heavy (non-hydrogen) atoms. The van der Waals surface area contributed by atoms with Crippen LogP contribution in [0.4, 0.5) is 0 Å². The molecule has 0 aliphatic heterocycles. The standard InChI is InChI=1S/C13H13NO2/c1-10-7-8-12(13(15)14-10)16-9-11-5-3-2-4-6-11/h2-8H,9H2,1H3,(H,14,15). The van der Waals surface area contributed by atoms with Gasteiger partial charge in [0.25, 0.3) is 5.56 Å². The molecule has 0 atom stereocenters. The molecule has 0 radical (unpaired) electrons. The molecule has 3 heteroatoms. The number of aromatic amines is 1. The highest BCUT2D eigenvalue weighted by atomic mass is 16.5. The molecule has 1 aromatic heterocycles. The highest BCUT2D eigenvalue weighted by Gasteiger charge is 2.00. The Morgan fingerprint density at radius 2 is 1.88 bits per heavy atom. The molecule has 0 spiro atoms. The van der Waals surface area contributed by atoms with Crippen molar-refractivity contribution in [3.05, 3.63) is 64.1 Å². The van der Waals surface area contributed by atoms with Crippen molar-refractivity contribution in [2.75, 3.05) is 0 Å². The van der Waals surface area contributed by atoms with E-state index in [2.05, 4.69) is 4.98 Å². The zero-order valence-electron chi connectivity index (χ0n) is 9.07. The van der Waals surface area contributed by atoms with Crippen LogP contribution in [0.1, 0.15) is 11.3 Å². The number of benzene rings is 1. The zero-order valence-corrected chi connectivity index (χ0v) is 9.07. The van der Waals surface area contributed by atoms with E-state index in [1.807, 2.05) is 43.3 Å². The van der Waals surface area contributed by atoms with Crippen LogP contribution in [0.25, 0.3) is 0 Å². The summed E-state index contributed by atoms with van der Waals surface area (Å²) in [5, 5.41) is 0. The molecular formula is C13H13NO2. The quantitative estimate of drug-likeness (QED) is 0.853. The Hall–Kier alpha value is -2.03. The van der Waals surface area contributed by atoms with Gasteiger partial charge in [0.1, 0.15) is 6.61 Å². The summed E-state index contributed by atoms with van der Waals surface area (Å²) < 4.78 is 5.43. The summed E-state index contributed by atoms with van der Waals surface area (Å²) in [7, 11) is 0. The third kappa shape index (κ3) is 2.51. The van der Waals surface area contributed by atoms with Crippen LogP contribution < -0.4 is 10.3 Å². The molecule has 0 saturated carbocycles. The van der Waals surface area contributed by atoms with E-state index in [0.717, 1.165) is 11.3 Å². The van der Waals surface area contributed by atoms with E-state index < -0.39 is 0 Å². The van der Waals surface area contributed by atoms with Crippen LogP contribution in [0.5, 0.6) is 5.75 Å². The largest absolute Gasteiger partial charge is 0.483 e. The Labute approximate surface area is 93.7 Å². The van der Waals surface area contributed by atoms with E-state index in [1.165, 1.54) is 0 Å². The smallest absolute Gasteiger partial charge is 0.290 e. The third-order valence-corrected chi connectivity index (χ3v) is 2.26. The van der Waals surface area contributed by atoms with Crippen LogP contribution in [0.2, 0.25) is 0 Å². The maximum atomic E-state index is 11.5. The molecule has 2 rings (SSSR count). The Morgan fingerprint density at radius 1 is 1.12 bits per heavy atom. The fraction of sp³-hybridized carbons (Fsp3) is 0.154. The van der Waals surface area contributed by atoms with Crippen molar-refractivity contribution in [2.45, 2.75) is 13.5 Å². The maximum absolute atomic E-state index is 11.5. The molecular weight excluding hydrogens is 202 g/mol. The molecule has 1 heterocycles. The first-order valence-electron chi connectivity index (χ1n) is 5.12. The minimum Gasteiger partial charge on any atom is -0.483 e. The molecule has 1 aromatic carbocycles. The number of hydrogen-bond donors (Lipinski definition) is 1. The number of aromatic nitrogens is 1. The van der Waals surface area contributed by atoms with Gasteiger partial charge in [-0.25, -0.2) is 0 Å². The van der Waals surface area contributed by atoms with Crippen LogP contribution in [0.3, 0.4) is 0 Å². The second-order valence-electron chi connectivity index (χ2n) is 3.61. The monoisotopic (exact) mass is 215 g/mol. The minimum absolute atomic E-state index is 0.184. The lowest BCUT2D eigenvalue weighted by Crippen LogP contribution is -2.11. The van der Waals surface area contributed by atoms with Gasteiger partial charge in [-0.2, -0.15) is 0 Å². The first-order valence-corrected chi connectivity index (χ1v) is 5.12. The van der Waals surface area contributed by atoms with E-state index >= 15 is 0 Å². The van der Waals surface area contributed by atoms with Crippen molar-refractivity contribution < 1.29 is 4.74 Å². The molecule has 0 aliphatic carbocycles. The SMILES string of the molecule is Cc1ccc(OCc2ccccc2)c(=O)[nH]1. The van der Waals surface area contributed by atoms with Crippen molar-refractivity contribution in [3.8, 4) is 5.75 Å². The fourth-order valence-electron chi connectivity index (χ4n) is 1.41. The van der Waals surface area contributed by atoms with Crippen LogP contribution in [0.15, 0.2) is 47.3 Å². The molecule has 1 N–H and O–H groups in total. The highest BCUT2D eigenvalue weighted by molar-refractivity contribution is 5.21. The predicted molar refractivity (Wildman–Crippen MR) is 62.6 cm³/mol. The lowest BCUT2D eigenvalue weighted by molar-refractivity contribution is 0.301. The number of pyridine rings is 1. The number of hydrogen-bond acceptors (Lipinski definition) is 2. The average Bonchev–Trinajstić information content (AvgIpc) is 2.29. The Bertz CT molecular complexity index is 517. The topological polar surface area (TPSA) is 42.1 Å². The first kappa shape index (κ1) is 10.5. The van der Waals surface area contributed by atoms with Crippen LogP contribution >= 0.6 is 0 Å². The van der Waals surface area contributed by atoms with Crippen LogP contribution in [-0.4, -0.2) is 4.98 Å². The van der Waals surface area contributed by atoms with Gasteiger partial charge in [-0.1, -0.05) is 30.3 Å². The van der Waals surface area contributed by atoms with Crippen molar-refractivity contribution >= 4 is 0 Å². The van der Waals surface area contributed by atoms with Gasteiger partial charge < -0.3 is 9.72 Å². The Kier molecular flexibility index (Phi) is 3.05. The van der Waals surface area contributed by atoms with Crippen LogP contribution in [0, 0.1) is 6.92 Å². The molecule has 82 valence electrons. The molecule has 0 saturated heterocycles. The number of ether oxygens (including phenoxy) is 1. The summed E-state index contributed by atoms with van der Waals surface area (Å²) in [6, 6.07) is 13.3. The summed E-state index contributed by atoms with van der Waals surface area (Å²) in [6.07, 6.45) is 0. The summed E-state index contributed by atoms with van der Waals surface area (Å²) in [6.45, 7) is 2.25. The van der Waals surface area contributed by atoms with E-state index in [9.17, 15) is 4.79 Å². The second kappa shape index (κ2) is 4.66. The number of rotatable bonds is 3.